The predicted molar refractivity (Wildman–Crippen MR) is 127 cm³/mol. The molecule has 0 aliphatic rings. The molecule has 2 amide bonds. The second-order valence-corrected chi connectivity index (χ2v) is 8.95. The van der Waals surface area contributed by atoms with Crippen LogP contribution in [0.4, 0.5) is 44.3 Å². The number of nitrogens with zero attached hydrogens (tertiary/aromatic N) is 5. The molecule has 42 heavy (non-hydrogen) atoms. The molecule has 1 N–H and O–H groups in total. The first-order chi connectivity index (χ1) is 19.5. The zero-order valence-corrected chi connectivity index (χ0v) is 21.6. The Morgan fingerprint density at radius 3 is 2.43 bits per heavy atom. The van der Waals surface area contributed by atoms with Crippen molar-refractivity contribution in [1.82, 2.24) is 29.6 Å². The first kappa shape index (κ1) is 30.7. The van der Waals surface area contributed by atoms with E-state index in [2.05, 4.69) is 15.0 Å². The van der Waals surface area contributed by atoms with Crippen LogP contribution in [0.1, 0.15) is 31.5 Å². The number of hydrogen-bond donors (Lipinski definition) is 1. The van der Waals surface area contributed by atoms with Gasteiger partial charge in [0.05, 0.1) is 24.8 Å². The number of amides is 2. The molecule has 18 heteroatoms. The summed E-state index contributed by atoms with van der Waals surface area (Å²) < 4.78 is 134. The van der Waals surface area contributed by atoms with Crippen molar-refractivity contribution >= 4 is 22.8 Å². The SMILES string of the molecule is CCN(C(=O)N[C@@H](CCC(F)(F)F)C(F)(F)F)C(c1cc(-c2cn3ccnc3c(OC)n2)c2occc2n1)C(F)(F)F. The summed E-state index contributed by atoms with van der Waals surface area (Å²) >= 11 is 0. The molecule has 1 unspecified atom stereocenters. The van der Waals surface area contributed by atoms with Crippen LogP contribution in [0.25, 0.3) is 28.0 Å². The highest BCUT2D eigenvalue weighted by Gasteiger charge is 2.49. The number of halogens is 9. The minimum absolute atomic E-state index is 0.00507. The van der Waals surface area contributed by atoms with Crippen LogP contribution in [0, 0.1) is 0 Å². The fraction of sp³-hybridized carbons (Fsp3) is 0.417. The van der Waals surface area contributed by atoms with E-state index < -0.39 is 61.7 Å². The molecule has 4 heterocycles. The number of carbonyl (C=O) groups excluding carboxylic acids is 1. The Labute approximate surface area is 230 Å². The predicted octanol–water partition coefficient (Wildman–Crippen LogP) is 6.45. The summed E-state index contributed by atoms with van der Waals surface area (Å²) in [4.78, 5) is 25.1. The van der Waals surface area contributed by atoms with E-state index in [1.165, 1.54) is 41.5 Å². The molecule has 4 rings (SSSR count). The lowest BCUT2D eigenvalue weighted by atomic mass is 10.1. The molecule has 2 atom stereocenters. The van der Waals surface area contributed by atoms with Gasteiger partial charge in [0.1, 0.15) is 11.6 Å². The molecule has 0 radical (unpaired) electrons. The zero-order valence-electron chi connectivity index (χ0n) is 21.6. The molecule has 4 aromatic rings. The summed E-state index contributed by atoms with van der Waals surface area (Å²) in [5.74, 6) is 0.00884. The Kier molecular flexibility index (Phi) is 8.19. The first-order valence-electron chi connectivity index (χ1n) is 12.1. The number of nitrogens with one attached hydrogen (secondary N) is 1. The summed E-state index contributed by atoms with van der Waals surface area (Å²) in [6.45, 7) is 0.278. The van der Waals surface area contributed by atoms with E-state index in [0.29, 0.717) is 0 Å². The van der Waals surface area contributed by atoms with E-state index >= 15 is 0 Å². The lowest BCUT2D eigenvalue weighted by Gasteiger charge is -2.34. The van der Waals surface area contributed by atoms with Gasteiger partial charge < -0.3 is 23.8 Å². The summed E-state index contributed by atoms with van der Waals surface area (Å²) in [5.41, 5.74) is -0.605. The van der Waals surface area contributed by atoms with Crippen LogP contribution in [-0.2, 0) is 0 Å². The maximum absolute atomic E-state index is 14.5. The highest BCUT2D eigenvalue weighted by atomic mass is 19.4. The van der Waals surface area contributed by atoms with Crippen molar-refractivity contribution in [2.75, 3.05) is 13.7 Å². The second-order valence-electron chi connectivity index (χ2n) is 8.95. The number of rotatable bonds is 8. The summed E-state index contributed by atoms with van der Waals surface area (Å²) in [6.07, 6.45) is -13.7. The van der Waals surface area contributed by atoms with Crippen LogP contribution in [-0.4, -0.2) is 68.5 Å². The van der Waals surface area contributed by atoms with Crippen LogP contribution in [0.5, 0.6) is 5.88 Å². The molecule has 0 spiro atoms. The van der Waals surface area contributed by atoms with Crippen molar-refractivity contribution in [3.63, 3.8) is 0 Å². The van der Waals surface area contributed by atoms with Crippen molar-refractivity contribution in [1.29, 1.82) is 0 Å². The van der Waals surface area contributed by atoms with Crippen LogP contribution in [0.15, 0.2) is 41.4 Å². The maximum Gasteiger partial charge on any atom is 0.414 e. The number of methoxy groups -OCH3 is 1. The third kappa shape index (κ3) is 6.46. The van der Waals surface area contributed by atoms with E-state index in [0.717, 1.165) is 19.3 Å². The number of pyridine rings is 1. The van der Waals surface area contributed by atoms with Gasteiger partial charge in [0.25, 0.3) is 5.88 Å². The third-order valence-corrected chi connectivity index (χ3v) is 6.16. The summed E-state index contributed by atoms with van der Waals surface area (Å²) in [5, 5.41) is 1.29. The van der Waals surface area contributed by atoms with Gasteiger partial charge in [-0.05, 0) is 19.4 Å². The molecular weight excluding hydrogens is 591 g/mol. The topological polar surface area (TPSA) is 97.8 Å². The average Bonchev–Trinajstić information content (AvgIpc) is 3.55. The molecule has 0 aromatic carbocycles. The van der Waals surface area contributed by atoms with E-state index in [4.69, 9.17) is 9.15 Å². The molecule has 4 aromatic heterocycles. The van der Waals surface area contributed by atoms with Gasteiger partial charge in [0.15, 0.2) is 17.3 Å². The second kappa shape index (κ2) is 11.2. The number of imidazole rings is 1. The van der Waals surface area contributed by atoms with Gasteiger partial charge >= 0.3 is 24.6 Å². The number of fused-ring (bicyclic) bond motifs is 2. The summed E-state index contributed by atoms with van der Waals surface area (Å²) in [6, 6.07) is -5.71. The number of carbonyl (C=O) groups is 1. The smallest absolute Gasteiger partial charge is 0.414 e. The van der Waals surface area contributed by atoms with Crippen LogP contribution in [0.3, 0.4) is 0 Å². The largest absolute Gasteiger partial charge is 0.478 e. The van der Waals surface area contributed by atoms with E-state index in [9.17, 15) is 44.3 Å². The molecule has 0 saturated heterocycles. The van der Waals surface area contributed by atoms with Crippen molar-refractivity contribution in [2.45, 2.75) is 50.4 Å². The highest BCUT2D eigenvalue weighted by Crippen LogP contribution is 2.40. The third-order valence-electron chi connectivity index (χ3n) is 6.16. The van der Waals surface area contributed by atoms with Crippen molar-refractivity contribution < 1.29 is 53.5 Å². The van der Waals surface area contributed by atoms with Gasteiger partial charge in [-0.15, -0.1) is 0 Å². The fourth-order valence-corrected chi connectivity index (χ4v) is 4.28. The molecule has 0 aliphatic carbocycles. The molecule has 9 nitrogen and oxygen atoms in total. The van der Waals surface area contributed by atoms with Crippen LogP contribution in [0.2, 0.25) is 0 Å². The van der Waals surface area contributed by atoms with Gasteiger partial charge in [-0.2, -0.15) is 39.5 Å². The Bertz CT molecular complexity index is 1560. The number of furan rings is 1. The molecule has 0 saturated carbocycles. The Hall–Kier alpha value is -4.25. The first-order valence-corrected chi connectivity index (χ1v) is 12.1. The quantitative estimate of drug-likeness (QED) is 0.230. The lowest BCUT2D eigenvalue weighted by molar-refractivity contribution is -0.182. The number of hydrogen-bond acceptors (Lipinski definition) is 6. The van der Waals surface area contributed by atoms with Crippen molar-refractivity contribution in [2.24, 2.45) is 0 Å². The minimum atomic E-state index is -5.37. The highest BCUT2D eigenvalue weighted by molar-refractivity contribution is 5.89. The van der Waals surface area contributed by atoms with Gasteiger partial charge in [0, 0.05) is 43.2 Å². The minimum Gasteiger partial charge on any atom is -0.478 e. The van der Waals surface area contributed by atoms with Crippen molar-refractivity contribution in [3.05, 3.63) is 42.7 Å². The fourth-order valence-electron chi connectivity index (χ4n) is 4.28. The van der Waals surface area contributed by atoms with Crippen molar-refractivity contribution in [3.8, 4) is 17.1 Å². The lowest BCUT2D eigenvalue weighted by Crippen LogP contribution is -2.53. The van der Waals surface area contributed by atoms with E-state index in [-0.39, 0.29) is 38.8 Å². The van der Waals surface area contributed by atoms with Gasteiger partial charge in [-0.3, -0.25) is 0 Å². The molecule has 0 aliphatic heterocycles. The number of urea groups is 1. The number of alkyl halides is 9. The van der Waals surface area contributed by atoms with Gasteiger partial charge in [-0.1, -0.05) is 0 Å². The Morgan fingerprint density at radius 1 is 1.12 bits per heavy atom. The summed E-state index contributed by atoms with van der Waals surface area (Å²) in [7, 11) is 1.29. The van der Waals surface area contributed by atoms with Gasteiger partial charge in [0.2, 0.25) is 0 Å². The van der Waals surface area contributed by atoms with Crippen LogP contribution >= 0.6 is 0 Å². The Balaban J connectivity index is 1.79. The molecule has 228 valence electrons. The number of ether oxygens (including phenoxy) is 1. The molecular formula is C24H21F9N6O3. The van der Waals surface area contributed by atoms with Gasteiger partial charge in [-0.25, -0.2) is 19.7 Å². The standard InChI is InChI=1S/C24H21F9N6O3/c1-3-39(21(40)37-16(23(28,29)30)4-6-22(25,26)27)18(24(31,32)33)14-10-12(17-13(35-14)5-9-42-17)15-11-38-8-7-34-19(38)20(36-15)41-2/h5,7-11,16,18H,3-4,6H2,1-2H3,(H,37,40)/t16-,18?/m0/s1. The monoisotopic (exact) mass is 612 g/mol. The van der Waals surface area contributed by atoms with Crippen LogP contribution < -0.4 is 10.1 Å². The maximum atomic E-state index is 14.5. The molecule has 0 fully saturated rings. The Morgan fingerprint density at radius 2 is 1.83 bits per heavy atom. The van der Waals surface area contributed by atoms with E-state index in [1.807, 2.05) is 0 Å². The average molecular weight is 612 g/mol. The zero-order chi connectivity index (χ0) is 31.0. The van der Waals surface area contributed by atoms with E-state index in [1.54, 1.807) is 0 Å². The normalized spacial score (nSPS) is 14.3. The number of aromatic nitrogens is 4. The molecule has 0 bridgehead atoms.